The second-order valence-corrected chi connectivity index (χ2v) is 9.09. The summed E-state index contributed by atoms with van der Waals surface area (Å²) < 4.78 is 6.62. The van der Waals surface area contributed by atoms with Gasteiger partial charge >= 0.3 is 0 Å². The number of fused-ring (bicyclic) bond motifs is 4. The molecule has 3 aliphatic rings. The van der Waals surface area contributed by atoms with Crippen LogP contribution in [-0.2, 0) is 0 Å². The van der Waals surface area contributed by atoms with Crippen molar-refractivity contribution >= 4 is 40.0 Å². The number of hydrogen-bond acceptors (Lipinski definition) is 5. The van der Waals surface area contributed by atoms with Gasteiger partial charge in [0, 0.05) is 17.0 Å². The third-order valence-electron chi connectivity index (χ3n) is 5.91. The lowest BCUT2D eigenvalue weighted by Crippen LogP contribution is -2.64. The Bertz CT molecular complexity index is 1200. The van der Waals surface area contributed by atoms with Crippen LogP contribution in [0.3, 0.4) is 0 Å². The molecule has 2 unspecified atom stereocenters. The zero-order chi connectivity index (χ0) is 21.0. The van der Waals surface area contributed by atoms with Crippen molar-refractivity contribution in [3.05, 3.63) is 95.0 Å². The number of carbonyl (C=O) groups excluding carboxylic acids is 1. The van der Waals surface area contributed by atoms with Crippen molar-refractivity contribution in [1.29, 1.82) is 0 Å². The Morgan fingerprint density at radius 1 is 1.03 bits per heavy atom. The first-order valence-corrected chi connectivity index (χ1v) is 11.4. The van der Waals surface area contributed by atoms with Gasteiger partial charge in [-0.15, -0.1) is 0 Å². The fourth-order valence-corrected chi connectivity index (χ4v) is 5.72. The maximum Gasteiger partial charge on any atom is 0.296 e. The molecule has 5 nitrogen and oxygen atoms in total. The van der Waals surface area contributed by atoms with Crippen molar-refractivity contribution in [2.24, 2.45) is 5.10 Å². The van der Waals surface area contributed by atoms with Crippen LogP contribution in [0.1, 0.15) is 23.6 Å². The van der Waals surface area contributed by atoms with Crippen LogP contribution < -0.4 is 9.64 Å². The molecule has 0 saturated carbocycles. The molecule has 0 N–H and O–H groups in total. The fraction of sp³-hybridized carbons (Fsp3) is 0.167. The number of amides is 1. The number of benzene rings is 3. The molecule has 0 aromatic heterocycles. The number of rotatable bonds is 2. The van der Waals surface area contributed by atoms with Crippen LogP contribution in [0.4, 0.5) is 10.5 Å². The second-order valence-electron chi connectivity index (χ2n) is 7.73. The van der Waals surface area contributed by atoms with Gasteiger partial charge in [-0.05, 0) is 35.9 Å². The highest BCUT2D eigenvalue weighted by molar-refractivity contribution is 8.14. The molecule has 3 aromatic carbocycles. The van der Waals surface area contributed by atoms with Gasteiger partial charge in [0.1, 0.15) is 5.75 Å². The maximum atomic E-state index is 13.1. The van der Waals surface area contributed by atoms with E-state index in [-0.39, 0.29) is 11.3 Å². The van der Waals surface area contributed by atoms with Crippen molar-refractivity contribution in [3.63, 3.8) is 0 Å². The topological polar surface area (TPSA) is 45.1 Å². The van der Waals surface area contributed by atoms with E-state index in [9.17, 15) is 4.79 Å². The third kappa shape index (κ3) is 2.86. The van der Waals surface area contributed by atoms with Gasteiger partial charge in [0.15, 0.2) is 0 Å². The average molecular weight is 448 g/mol. The van der Waals surface area contributed by atoms with Crippen molar-refractivity contribution in [3.8, 4) is 5.75 Å². The summed E-state index contributed by atoms with van der Waals surface area (Å²) in [5.41, 5.74) is 3.82. The number of anilines is 1. The summed E-state index contributed by atoms with van der Waals surface area (Å²) in [6.45, 7) is 0. The molecule has 1 amide bonds. The summed E-state index contributed by atoms with van der Waals surface area (Å²) in [6, 6.07) is 25.4. The number of hydrazone groups is 1. The molecule has 7 heteroatoms. The molecular weight excluding hydrogens is 430 g/mol. The molecule has 1 fully saturated rings. The quantitative estimate of drug-likeness (QED) is 0.489. The second kappa shape index (κ2) is 7.04. The number of carbonyl (C=O) groups is 1. The summed E-state index contributed by atoms with van der Waals surface area (Å²) in [6.07, 6.45) is 0.712. The van der Waals surface area contributed by atoms with Crippen LogP contribution in [0, 0.1) is 0 Å². The monoisotopic (exact) mass is 447 g/mol. The van der Waals surface area contributed by atoms with E-state index in [1.807, 2.05) is 71.7 Å². The minimum absolute atomic E-state index is 0.0503. The summed E-state index contributed by atoms with van der Waals surface area (Å²) in [4.78, 5) is 14.8. The molecule has 3 aliphatic heterocycles. The molecule has 3 aromatic rings. The molecule has 0 bridgehead atoms. The van der Waals surface area contributed by atoms with Crippen molar-refractivity contribution in [2.45, 2.75) is 18.3 Å². The highest BCUT2D eigenvalue weighted by Crippen LogP contribution is 2.53. The van der Waals surface area contributed by atoms with Gasteiger partial charge in [-0.25, -0.2) is 9.91 Å². The predicted octanol–water partition coefficient (Wildman–Crippen LogP) is 5.91. The van der Waals surface area contributed by atoms with Crippen molar-refractivity contribution < 1.29 is 9.53 Å². The van der Waals surface area contributed by atoms with Crippen LogP contribution in [0.5, 0.6) is 5.75 Å². The largest absolute Gasteiger partial charge is 0.447 e. The Balaban J connectivity index is 1.54. The number of thioether (sulfide) groups is 1. The smallest absolute Gasteiger partial charge is 0.296 e. The molecule has 154 valence electrons. The first-order valence-electron chi connectivity index (χ1n) is 10.1. The number of nitrogens with zero attached hydrogens (tertiary/aromatic N) is 3. The van der Waals surface area contributed by atoms with Crippen LogP contribution in [0.2, 0.25) is 5.02 Å². The lowest BCUT2D eigenvalue weighted by Gasteiger charge is -2.48. The van der Waals surface area contributed by atoms with E-state index in [2.05, 4.69) is 12.1 Å². The SMILES string of the molecule is O=C1SCC2(Oc3ccc(Cl)cc3C3CC(c4ccccc4)=NN32)N1c1ccccc1. The minimum atomic E-state index is -1.04. The predicted molar refractivity (Wildman–Crippen MR) is 124 cm³/mol. The van der Waals surface area contributed by atoms with Gasteiger partial charge in [-0.3, -0.25) is 4.79 Å². The first-order chi connectivity index (χ1) is 15.2. The number of halogens is 1. The zero-order valence-electron chi connectivity index (χ0n) is 16.4. The standard InChI is InChI=1S/C24H18ClN3O2S/c25-17-11-12-22-19(13-17)21-14-20(16-7-3-1-4-8-16)26-28(21)24(30-22)15-31-23(29)27(24)18-9-5-2-6-10-18/h1-13,21H,14-15H2. The summed E-state index contributed by atoms with van der Waals surface area (Å²) >= 11 is 7.59. The molecule has 2 atom stereocenters. The molecule has 1 saturated heterocycles. The maximum absolute atomic E-state index is 13.1. The van der Waals surface area contributed by atoms with E-state index in [1.165, 1.54) is 11.8 Å². The van der Waals surface area contributed by atoms with Gasteiger partial charge in [-0.1, -0.05) is 71.9 Å². The first kappa shape index (κ1) is 18.8. The number of para-hydroxylation sites is 1. The molecule has 0 radical (unpaired) electrons. The van der Waals surface area contributed by atoms with Crippen molar-refractivity contribution in [1.82, 2.24) is 5.01 Å². The van der Waals surface area contributed by atoms with Crippen molar-refractivity contribution in [2.75, 3.05) is 10.7 Å². The van der Waals surface area contributed by atoms with Gasteiger partial charge in [0.05, 0.1) is 23.2 Å². The molecule has 6 rings (SSSR count). The van der Waals surface area contributed by atoms with E-state index in [1.54, 1.807) is 4.90 Å². The summed E-state index contributed by atoms with van der Waals surface area (Å²) in [5.74, 6) is 0.155. The van der Waals surface area contributed by atoms with Crippen LogP contribution >= 0.6 is 23.4 Å². The van der Waals surface area contributed by atoms with Gasteiger partial charge < -0.3 is 4.74 Å². The normalized spacial score (nSPS) is 24.1. The third-order valence-corrected chi connectivity index (χ3v) is 7.09. The Kier molecular flexibility index (Phi) is 4.26. The zero-order valence-corrected chi connectivity index (χ0v) is 18.0. The molecular formula is C24H18ClN3O2S. The average Bonchev–Trinajstić information content (AvgIpc) is 3.39. The summed E-state index contributed by atoms with van der Waals surface area (Å²) in [7, 11) is 0. The van der Waals surface area contributed by atoms with Crippen LogP contribution in [0.15, 0.2) is 84.0 Å². The number of hydrogen-bond donors (Lipinski definition) is 0. The molecule has 31 heavy (non-hydrogen) atoms. The van der Waals surface area contributed by atoms with E-state index in [4.69, 9.17) is 21.4 Å². The van der Waals surface area contributed by atoms with E-state index < -0.39 is 5.85 Å². The Morgan fingerprint density at radius 2 is 1.77 bits per heavy atom. The molecule has 3 heterocycles. The Labute approximate surface area is 189 Å². The Hall–Kier alpha value is -2.96. The van der Waals surface area contributed by atoms with Gasteiger partial charge in [0.25, 0.3) is 11.1 Å². The molecule has 1 spiro atoms. The summed E-state index contributed by atoms with van der Waals surface area (Å²) in [5, 5.41) is 7.61. The fourth-order valence-electron chi connectivity index (χ4n) is 4.53. The highest BCUT2D eigenvalue weighted by atomic mass is 35.5. The van der Waals surface area contributed by atoms with E-state index >= 15 is 0 Å². The van der Waals surface area contributed by atoms with Crippen LogP contribution in [0.25, 0.3) is 0 Å². The van der Waals surface area contributed by atoms with Gasteiger partial charge in [0.2, 0.25) is 0 Å². The number of ether oxygens (including phenoxy) is 1. The lowest BCUT2D eigenvalue weighted by atomic mass is 9.96. The van der Waals surface area contributed by atoms with E-state index in [0.717, 1.165) is 28.3 Å². The molecule has 0 aliphatic carbocycles. The van der Waals surface area contributed by atoms with Crippen LogP contribution in [-0.4, -0.2) is 27.6 Å². The Morgan fingerprint density at radius 3 is 2.55 bits per heavy atom. The highest BCUT2D eigenvalue weighted by Gasteiger charge is 2.60. The van der Waals surface area contributed by atoms with E-state index in [0.29, 0.717) is 17.2 Å². The lowest BCUT2D eigenvalue weighted by molar-refractivity contribution is -0.0927. The van der Waals surface area contributed by atoms with Gasteiger partial charge in [-0.2, -0.15) is 5.10 Å². The minimum Gasteiger partial charge on any atom is -0.447 e.